The van der Waals surface area contributed by atoms with E-state index in [0.717, 1.165) is 22.4 Å². The maximum absolute atomic E-state index is 12.8. The van der Waals surface area contributed by atoms with Gasteiger partial charge < -0.3 is 19.8 Å². The quantitative estimate of drug-likeness (QED) is 0.821. The Hall–Kier alpha value is -2.93. The number of hydrogen-bond acceptors (Lipinski definition) is 5. The van der Waals surface area contributed by atoms with Gasteiger partial charge in [-0.25, -0.2) is 4.79 Å². The summed E-state index contributed by atoms with van der Waals surface area (Å²) in [6.45, 7) is 4.59. The van der Waals surface area contributed by atoms with Gasteiger partial charge in [0.1, 0.15) is 12.4 Å². The van der Waals surface area contributed by atoms with Crippen LogP contribution in [0.3, 0.4) is 0 Å². The lowest BCUT2D eigenvalue weighted by Gasteiger charge is -2.35. The molecule has 0 aliphatic carbocycles. The molecule has 0 unspecified atom stereocenters. The molecule has 7 heteroatoms. The molecule has 2 heterocycles. The second kappa shape index (κ2) is 7.98. The third-order valence-electron chi connectivity index (χ3n) is 5.09. The number of aromatic nitrogens is 1. The highest BCUT2D eigenvalue weighted by Crippen LogP contribution is 2.28. The molecule has 1 fully saturated rings. The standard InChI is InChI=1S/C21H24N2O5/c1-14-10-17(19(24)23-8-5-21(27,6-9-23)20(25)26)11-15(2)18(14)28-13-16-4-3-7-22-12-16/h3-4,7,10-12,27H,5-6,8-9,13H2,1-2H3,(H,25,26). The van der Waals surface area contributed by atoms with Gasteiger partial charge in [0, 0.05) is 49.5 Å². The van der Waals surface area contributed by atoms with Crippen molar-refractivity contribution >= 4 is 11.9 Å². The first-order valence-electron chi connectivity index (χ1n) is 9.18. The van der Waals surface area contributed by atoms with Gasteiger partial charge in [0.15, 0.2) is 5.60 Å². The molecular weight excluding hydrogens is 360 g/mol. The first kappa shape index (κ1) is 19.8. The molecular formula is C21H24N2O5. The predicted molar refractivity (Wildman–Crippen MR) is 102 cm³/mol. The molecule has 1 amide bonds. The largest absolute Gasteiger partial charge is 0.488 e. The number of piperidine rings is 1. The SMILES string of the molecule is Cc1cc(C(=O)N2CCC(O)(C(=O)O)CC2)cc(C)c1OCc1cccnc1. The lowest BCUT2D eigenvalue weighted by atomic mass is 9.91. The molecule has 1 aromatic heterocycles. The molecule has 1 aliphatic heterocycles. The second-order valence-corrected chi connectivity index (χ2v) is 7.22. The van der Waals surface area contributed by atoms with Crippen molar-refractivity contribution in [3.63, 3.8) is 0 Å². The molecule has 7 nitrogen and oxygen atoms in total. The Morgan fingerprint density at radius 2 is 1.86 bits per heavy atom. The van der Waals surface area contributed by atoms with Crippen molar-refractivity contribution < 1.29 is 24.5 Å². The summed E-state index contributed by atoms with van der Waals surface area (Å²) < 4.78 is 5.92. The summed E-state index contributed by atoms with van der Waals surface area (Å²) in [7, 11) is 0. The zero-order chi connectivity index (χ0) is 20.3. The van der Waals surface area contributed by atoms with Gasteiger partial charge in [-0.05, 0) is 43.2 Å². The molecule has 28 heavy (non-hydrogen) atoms. The fourth-order valence-corrected chi connectivity index (χ4v) is 3.42. The van der Waals surface area contributed by atoms with Crippen LogP contribution in [-0.4, -0.2) is 50.7 Å². The van der Waals surface area contributed by atoms with Crippen LogP contribution in [0.5, 0.6) is 5.75 Å². The number of carbonyl (C=O) groups is 2. The van der Waals surface area contributed by atoms with Crippen molar-refractivity contribution in [1.82, 2.24) is 9.88 Å². The van der Waals surface area contributed by atoms with Gasteiger partial charge in [0.25, 0.3) is 5.91 Å². The number of aryl methyl sites for hydroxylation is 2. The van der Waals surface area contributed by atoms with Crippen LogP contribution >= 0.6 is 0 Å². The topological polar surface area (TPSA) is 100.0 Å². The van der Waals surface area contributed by atoms with Crippen molar-refractivity contribution in [3.05, 3.63) is 58.9 Å². The zero-order valence-corrected chi connectivity index (χ0v) is 16.0. The number of carbonyl (C=O) groups excluding carboxylic acids is 1. The number of aliphatic carboxylic acids is 1. The van der Waals surface area contributed by atoms with Crippen LogP contribution in [-0.2, 0) is 11.4 Å². The maximum atomic E-state index is 12.8. The average Bonchev–Trinajstić information content (AvgIpc) is 2.68. The third-order valence-corrected chi connectivity index (χ3v) is 5.09. The highest BCUT2D eigenvalue weighted by atomic mass is 16.5. The zero-order valence-electron chi connectivity index (χ0n) is 16.0. The summed E-state index contributed by atoms with van der Waals surface area (Å²) in [6, 6.07) is 7.35. The molecule has 0 saturated carbocycles. The number of benzene rings is 1. The highest BCUT2D eigenvalue weighted by molar-refractivity contribution is 5.95. The average molecular weight is 384 g/mol. The minimum absolute atomic E-state index is 0.0261. The van der Waals surface area contributed by atoms with Gasteiger partial charge >= 0.3 is 5.97 Å². The minimum Gasteiger partial charge on any atom is -0.488 e. The molecule has 0 radical (unpaired) electrons. The monoisotopic (exact) mass is 384 g/mol. The molecule has 1 saturated heterocycles. The lowest BCUT2D eigenvalue weighted by molar-refractivity contribution is -0.162. The van der Waals surface area contributed by atoms with Crippen LogP contribution in [0, 0.1) is 13.8 Å². The van der Waals surface area contributed by atoms with Gasteiger partial charge in [-0.15, -0.1) is 0 Å². The van der Waals surface area contributed by atoms with Crippen molar-refractivity contribution in [3.8, 4) is 5.75 Å². The maximum Gasteiger partial charge on any atom is 0.335 e. The lowest BCUT2D eigenvalue weighted by Crippen LogP contribution is -2.50. The van der Waals surface area contributed by atoms with E-state index in [2.05, 4.69) is 4.98 Å². The van der Waals surface area contributed by atoms with Gasteiger partial charge in [-0.1, -0.05) is 6.07 Å². The van der Waals surface area contributed by atoms with Gasteiger partial charge in [-0.2, -0.15) is 0 Å². The number of ether oxygens (including phenoxy) is 1. The Morgan fingerprint density at radius 3 is 2.39 bits per heavy atom. The number of amides is 1. The van der Waals surface area contributed by atoms with E-state index in [1.807, 2.05) is 26.0 Å². The van der Waals surface area contributed by atoms with Crippen molar-refractivity contribution in [2.24, 2.45) is 0 Å². The first-order valence-corrected chi connectivity index (χ1v) is 9.18. The molecule has 2 N–H and O–H groups in total. The normalized spacial score (nSPS) is 15.9. The number of likely N-dealkylation sites (tertiary alicyclic amines) is 1. The van der Waals surface area contributed by atoms with Crippen LogP contribution in [0.2, 0.25) is 0 Å². The molecule has 2 aromatic rings. The van der Waals surface area contributed by atoms with E-state index in [4.69, 9.17) is 9.84 Å². The number of pyridine rings is 1. The fourth-order valence-electron chi connectivity index (χ4n) is 3.42. The Labute approximate surface area is 163 Å². The summed E-state index contributed by atoms with van der Waals surface area (Å²) in [5, 5.41) is 19.1. The molecule has 3 rings (SSSR count). The second-order valence-electron chi connectivity index (χ2n) is 7.22. The van der Waals surface area contributed by atoms with Crippen LogP contribution < -0.4 is 4.74 Å². The van der Waals surface area contributed by atoms with Crippen molar-refractivity contribution in [1.29, 1.82) is 0 Å². The van der Waals surface area contributed by atoms with Crippen molar-refractivity contribution in [2.75, 3.05) is 13.1 Å². The van der Waals surface area contributed by atoms with Gasteiger partial charge in [-0.3, -0.25) is 9.78 Å². The molecule has 148 valence electrons. The van der Waals surface area contributed by atoms with Gasteiger partial charge in [0.05, 0.1) is 0 Å². The Morgan fingerprint density at radius 1 is 1.21 bits per heavy atom. The smallest absolute Gasteiger partial charge is 0.335 e. The Bertz CT molecular complexity index is 851. The van der Waals surface area contributed by atoms with Crippen LogP contribution in [0.4, 0.5) is 0 Å². The minimum atomic E-state index is -1.74. The van der Waals surface area contributed by atoms with E-state index >= 15 is 0 Å². The predicted octanol–water partition coefficient (Wildman–Crippen LogP) is 2.33. The summed E-state index contributed by atoms with van der Waals surface area (Å²) in [5.74, 6) is -0.668. The molecule has 0 bridgehead atoms. The summed E-state index contributed by atoms with van der Waals surface area (Å²) in [4.78, 5) is 29.6. The summed E-state index contributed by atoms with van der Waals surface area (Å²) in [6.07, 6.45) is 3.51. The van der Waals surface area contributed by atoms with E-state index in [0.29, 0.717) is 12.2 Å². The first-order chi connectivity index (χ1) is 13.3. The van der Waals surface area contributed by atoms with E-state index < -0.39 is 11.6 Å². The van der Waals surface area contributed by atoms with Gasteiger partial charge in [0.2, 0.25) is 0 Å². The van der Waals surface area contributed by atoms with E-state index in [1.165, 1.54) is 0 Å². The number of carboxylic acids is 1. The van der Waals surface area contributed by atoms with Crippen molar-refractivity contribution in [2.45, 2.75) is 38.9 Å². The summed E-state index contributed by atoms with van der Waals surface area (Å²) >= 11 is 0. The Balaban J connectivity index is 1.70. The highest BCUT2D eigenvalue weighted by Gasteiger charge is 2.40. The number of nitrogens with zero attached hydrogens (tertiary/aromatic N) is 2. The van der Waals surface area contributed by atoms with E-state index in [1.54, 1.807) is 29.4 Å². The molecule has 1 aliphatic rings. The number of carboxylic acid groups (broad SMARTS) is 1. The molecule has 0 spiro atoms. The van der Waals surface area contributed by atoms with E-state index in [-0.39, 0.29) is 31.8 Å². The number of hydrogen-bond donors (Lipinski definition) is 2. The van der Waals surface area contributed by atoms with Crippen LogP contribution in [0.15, 0.2) is 36.7 Å². The fraction of sp³-hybridized carbons (Fsp3) is 0.381. The molecule has 0 atom stereocenters. The van der Waals surface area contributed by atoms with Crippen LogP contribution in [0.1, 0.15) is 39.9 Å². The number of aliphatic hydroxyl groups is 1. The van der Waals surface area contributed by atoms with E-state index in [9.17, 15) is 14.7 Å². The third kappa shape index (κ3) is 4.14. The Kier molecular flexibility index (Phi) is 5.65. The molecule has 1 aromatic carbocycles. The summed E-state index contributed by atoms with van der Waals surface area (Å²) in [5.41, 5.74) is 1.45. The number of rotatable bonds is 5. The van der Waals surface area contributed by atoms with Crippen LogP contribution in [0.25, 0.3) is 0 Å².